The fourth-order valence-corrected chi connectivity index (χ4v) is 5.84. The number of aliphatic carboxylic acids is 1. The van der Waals surface area contributed by atoms with Gasteiger partial charge in [0.2, 0.25) is 11.8 Å². The average Bonchev–Trinajstić information content (AvgIpc) is 3.48. The zero-order chi connectivity index (χ0) is 34.5. The molecule has 4 N–H and O–H groups in total. The van der Waals surface area contributed by atoms with Crippen molar-refractivity contribution in [1.29, 1.82) is 0 Å². The average molecular weight is 735 g/mol. The minimum absolute atomic E-state index is 0. The molecular formula is C32H31B2Cl2N2NaO11. The van der Waals surface area contributed by atoms with E-state index in [4.69, 9.17) is 51.8 Å². The molecule has 0 spiro atoms. The van der Waals surface area contributed by atoms with E-state index in [1.54, 1.807) is 61.7 Å². The van der Waals surface area contributed by atoms with Crippen LogP contribution in [-0.2, 0) is 23.6 Å². The fourth-order valence-electron chi connectivity index (χ4n) is 5.54. The van der Waals surface area contributed by atoms with Gasteiger partial charge in [0.05, 0.1) is 31.7 Å². The number of carbonyl (C=O) groups is 2. The van der Waals surface area contributed by atoms with Crippen LogP contribution in [0.15, 0.2) is 60.9 Å². The number of aryl methyl sites for hydroxylation is 2. The van der Waals surface area contributed by atoms with Crippen molar-refractivity contribution >= 4 is 60.3 Å². The monoisotopic (exact) mass is 734 g/mol. The van der Waals surface area contributed by atoms with Crippen LogP contribution in [-0.4, -0.2) is 63.4 Å². The van der Waals surface area contributed by atoms with Crippen molar-refractivity contribution in [3.05, 3.63) is 93.2 Å². The molecule has 256 valence electrons. The number of carbonyl (C=O) groups excluding carboxylic acids is 1. The summed E-state index contributed by atoms with van der Waals surface area (Å²) in [7, 11) is -2.30. The van der Waals surface area contributed by atoms with Gasteiger partial charge >= 0.3 is 55.7 Å². The van der Waals surface area contributed by atoms with Gasteiger partial charge in [-0.1, -0.05) is 23.2 Å². The summed E-state index contributed by atoms with van der Waals surface area (Å²) in [4.78, 5) is 30.8. The van der Waals surface area contributed by atoms with Gasteiger partial charge in [0.15, 0.2) is 0 Å². The fraction of sp³-hybridized carbons (Fsp3) is 0.250. The molecule has 50 heavy (non-hydrogen) atoms. The Balaban J connectivity index is 0.000000261. The number of ether oxygens (including phenoxy) is 3. The summed E-state index contributed by atoms with van der Waals surface area (Å²) in [5.74, 6) is 0.295. The first-order chi connectivity index (χ1) is 22.9. The van der Waals surface area contributed by atoms with Gasteiger partial charge in [0, 0.05) is 34.6 Å². The molecule has 2 aliphatic heterocycles. The Hall–Kier alpha value is -3.21. The third kappa shape index (κ3) is 10.2. The molecule has 18 heteroatoms. The van der Waals surface area contributed by atoms with Crippen LogP contribution in [0.5, 0.6) is 23.3 Å². The zero-order valence-corrected chi connectivity index (χ0v) is 31.0. The Bertz CT molecular complexity index is 1840. The third-order valence-corrected chi connectivity index (χ3v) is 7.87. The first kappa shape index (κ1) is 41.2. The third-order valence-electron chi connectivity index (χ3n) is 7.40. The molecule has 2 atom stereocenters. The first-order valence-corrected chi connectivity index (χ1v) is 15.6. The molecular weight excluding hydrogens is 704 g/mol. The number of benzene rings is 2. The smallest absolute Gasteiger partial charge is 0.870 e. The number of hydrogen-bond acceptors (Lipinski definition) is 12. The van der Waals surface area contributed by atoms with Gasteiger partial charge in [-0.3, -0.25) is 9.59 Å². The van der Waals surface area contributed by atoms with Crippen molar-refractivity contribution in [1.82, 2.24) is 9.97 Å². The molecule has 2 aliphatic rings. The minimum Gasteiger partial charge on any atom is -0.870 e. The summed E-state index contributed by atoms with van der Waals surface area (Å²) < 4.78 is 27.2. The second kappa shape index (κ2) is 18.3. The van der Waals surface area contributed by atoms with Crippen LogP contribution in [0, 0.1) is 13.8 Å². The molecule has 4 aromatic rings. The second-order valence-electron chi connectivity index (χ2n) is 10.9. The Morgan fingerprint density at radius 3 is 1.64 bits per heavy atom. The molecule has 4 heterocycles. The van der Waals surface area contributed by atoms with Gasteiger partial charge in [-0.2, -0.15) is 0 Å². The van der Waals surface area contributed by atoms with E-state index >= 15 is 0 Å². The number of fused-ring (bicyclic) bond motifs is 2. The van der Waals surface area contributed by atoms with Crippen LogP contribution >= 0.6 is 23.2 Å². The number of carboxylic acid groups (broad SMARTS) is 1. The predicted molar refractivity (Wildman–Crippen MR) is 179 cm³/mol. The van der Waals surface area contributed by atoms with E-state index in [1.165, 1.54) is 6.20 Å². The normalized spacial score (nSPS) is 15.4. The van der Waals surface area contributed by atoms with Gasteiger partial charge < -0.3 is 44.2 Å². The molecule has 6 rings (SSSR count). The number of nitrogens with zero attached hydrogens (tertiary/aromatic N) is 2. The number of carboxylic acids is 1. The summed E-state index contributed by atoms with van der Waals surface area (Å²) in [6.45, 7) is 5.73. The molecule has 2 aromatic carbocycles. The first-order valence-electron chi connectivity index (χ1n) is 14.8. The molecule has 2 aromatic heterocycles. The van der Waals surface area contributed by atoms with Crippen molar-refractivity contribution in [2.45, 2.75) is 45.8 Å². The van der Waals surface area contributed by atoms with Gasteiger partial charge in [-0.05, 0) is 90.3 Å². The quantitative estimate of drug-likeness (QED) is 0.165. The maximum Gasteiger partial charge on any atom is 1.00 e. The molecule has 0 bridgehead atoms. The molecule has 2 unspecified atom stereocenters. The van der Waals surface area contributed by atoms with E-state index in [0.717, 1.165) is 16.7 Å². The molecule has 0 saturated carbocycles. The molecule has 0 aliphatic carbocycles. The van der Waals surface area contributed by atoms with E-state index in [-0.39, 0.29) is 53.8 Å². The summed E-state index contributed by atoms with van der Waals surface area (Å²) >= 11 is 11.8. The Labute approximate surface area is 320 Å². The number of pyridine rings is 2. The molecule has 0 saturated heterocycles. The SMILES string of the molecule is CCOC(=O)CC1OB(O)c2cc(Oc3cc(Cl)ccn3)cc(C)c21.Cc1cc(Oc2cc(Cl)ccn2)cc2c1C(CC(=O)O)OB2O.[Na+].[OH-]. The van der Waals surface area contributed by atoms with Crippen LogP contribution in [0.2, 0.25) is 10.0 Å². The summed E-state index contributed by atoms with van der Waals surface area (Å²) in [5, 5.41) is 30.2. The maximum absolute atomic E-state index is 11.7. The number of halogens is 2. The van der Waals surface area contributed by atoms with Gasteiger partial charge in [0.1, 0.15) is 11.5 Å². The number of esters is 1. The van der Waals surface area contributed by atoms with Crippen molar-refractivity contribution in [3.8, 4) is 23.3 Å². The molecule has 0 fully saturated rings. The van der Waals surface area contributed by atoms with Crippen LogP contribution in [0.1, 0.15) is 54.2 Å². The molecule has 0 radical (unpaired) electrons. The number of aromatic nitrogens is 2. The summed E-state index contributed by atoms with van der Waals surface area (Å²) in [6, 6.07) is 13.3. The Kier molecular flexibility index (Phi) is 15.1. The minimum atomic E-state index is -1.18. The van der Waals surface area contributed by atoms with Gasteiger partial charge in [0.25, 0.3) is 0 Å². The van der Waals surface area contributed by atoms with Crippen molar-refractivity contribution in [2.24, 2.45) is 0 Å². The van der Waals surface area contributed by atoms with E-state index in [1.807, 2.05) is 13.8 Å². The van der Waals surface area contributed by atoms with E-state index in [9.17, 15) is 19.6 Å². The second-order valence-corrected chi connectivity index (χ2v) is 11.7. The van der Waals surface area contributed by atoms with Gasteiger partial charge in [-0.15, -0.1) is 0 Å². The Morgan fingerprint density at radius 1 is 0.800 bits per heavy atom. The Morgan fingerprint density at radius 2 is 1.24 bits per heavy atom. The van der Waals surface area contributed by atoms with Crippen LogP contribution < -0.4 is 50.0 Å². The largest absolute Gasteiger partial charge is 1.00 e. The standard InChI is InChI=1S/C17H17BClNO5.C15H13BClNO5.Na.H2O/c1-3-23-16(21)9-14-17-10(2)6-12(8-13(17)18(22)25-14)24-15-7-11(19)4-5-20-15;1-8-4-10(22-13-5-9(17)2-3-18-13)6-11-15(8)12(7-14(19)20)23-16(11)21;;/h4-8,14,22H,3,9H2,1-2H3;2-6,12,21H,7H2,1H3,(H,19,20);;1H2/q;;+1;/p-1. The van der Waals surface area contributed by atoms with E-state index in [0.29, 0.717) is 56.4 Å². The summed E-state index contributed by atoms with van der Waals surface area (Å²) in [6.07, 6.45) is 1.71. The summed E-state index contributed by atoms with van der Waals surface area (Å²) in [5.41, 5.74) is 4.18. The predicted octanol–water partition coefficient (Wildman–Crippen LogP) is 1.44. The molecule has 13 nitrogen and oxygen atoms in total. The van der Waals surface area contributed by atoms with Gasteiger partial charge in [-0.25, -0.2) is 9.97 Å². The van der Waals surface area contributed by atoms with E-state index in [2.05, 4.69) is 9.97 Å². The van der Waals surface area contributed by atoms with E-state index < -0.39 is 32.4 Å². The van der Waals surface area contributed by atoms with Crippen LogP contribution in [0.4, 0.5) is 0 Å². The van der Waals surface area contributed by atoms with Crippen LogP contribution in [0.3, 0.4) is 0 Å². The number of hydrogen-bond donors (Lipinski definition) is 3. The van der Waals surface area contributed by atoms with Crippen molar-refractivity contribution < 1.29 is 83.3 Å². The van der Waals surface area contributed by atoms with Crippen molar-refractivity contribution in [2.75, 3.05) is 6.61 Å². The van der Waals surface area contributed by atoms with Crippen LogP contribution in [0.25, 0.3) is 0 Å². The number of rotatable bonds is 9. The zero-order valence-electron chi connectivity index (χ0n) is 27.5. The topological polar surface area (TPSA) is 197 Å². The maximum atomic E-state index is 11.7. The molecule has 0 amide bonds. The van der Waals surface area contributed by atoms with Crippen molar-refractivity contribution in [3.63, 3.8) is 0 Å².